The normalized spacial score (nSPS) is 20.4. The summed E-state index contributed by atoms with van der Waals surface area (Å²) in [5.41, 5.74) is 8.20. The zero-order chi connectivity index (χ0) is 34.3. The molecule has 47 heavy (non-hydrogen) atoms. The minimum Gasteiger partial charge on any atom is -0.379 e. The Bertz CT molecular complexity index is 787. The first kappa shape index (κ1) is 42.3. The van der Waals surface area contributed by atoms with E-state index in [-0.39, 0.29) is 16.9 Å². The van der Waals surface area contributed by atoms with Crippen LogP contribution >= 0.6 is 0 Å². The Kier molecular flexibility index (Phi) is 21.9. The van der Waals surface area contributed by atoms with Crippen molar-refractivity contribution in [2.45, 2.75) is 131 Å². The Hall–Kier alpha value is -0.850. The van der Waals surface area contributed by atoms with Gasteiger partial charge in [0.2, 0.25) is 5.91 Å². The number of nitrogens with zero attached hydrogens (tertiary/aromatic N) is 1. The first-order valence-corrected chi connectivity index (χ1v) is 19.0. The molecule has 0 bridgehead atoms. The van der Waals surface area contributed by atoms with E-state index in [1.54, 1.807) is 0 Å². The van der Waals surface area contributed by atoms with Gasteiger partial charge in [-0.05, 0) is 48.9 Å². The average molecular weight is 671 g/mol. The van der Waals surface area contributed by atoms with Gasteiger partial charge >= 0.3 is 0 Å². The smallest absolute Gasteiger partial charge is 0.222 e. The minimum atomic E-state index is -0.0305. The molecule has 0 aromatic rings. The van der Waals surface area contributed by atoms with Crippen LogP contribution in [0.5, 0.6) is 0 Å². The number of hydrogen-bond donors (Lipinski definition) is 3. The minimum absolute atomic E-state index is 0.0305. The molecule has 1 heterocycles. The number of hydrogen-bond acceptors (Lipinski definition) is 9. The SMILES string of the molecule is CCC(C)(C)CCCC1(C2CCCCCCC2)CN(CCOCCOCCOCCNC(=O)CCOCCOCCC(C)(C)C)NN1. The number of hydrazine groups is 2. The summed E-state index contributed by atoms with van der Waals surface area (Å²) in [6.07, 6.45) is 16.0. The molecule has 0 spiro atoms. The van der Waals surface area contributed by atoms with Crippen molar-refractivity contribution >= 4 is 5.91 Å². The molecule has 0 radical (unpaired) electrons. The highest BCUT2D eigenvalue weighted by atomic mass is 16.5. The summed E-state index contributed by atoms with van der Waals surface area (Å²) in [5.74, 6) is 0.702. The van der Waals surface area contributed by atoms with Crippen molar-refractivity contribution in [3.63, 3.8) is 0 Å². The van der Waals surface area contributed by atoms with Crippen molar-refractivity contribution in [3.05, 3.63) is 0 Å². The highest BCUT2D eigenvalue weighted by molar-refractivity contribution is 5.75. The van der Waals surface area contributed by atoms with Crippen molar-refractivity contribution < 1.29 is 28.5 Å². The topological polar surface area (TPSA) is 103 Å². The quantitative estimate of drug-likeness (QED) is 0.0951. The molecule has 3 N–H and O–H groups in total. The van der Waals surface area contributed by atoms with E-state index in [4.69, 9.17) is 23.7 Å². The van der Waals surface area contributed by atoms with Crippen LogP contribution in [0, 0.1) is 16.7 Å². The maximum atomic E-state index is 11.9. The van der Waals surface area contributed by atoms with Gasteiger partial charge in [-0.2, -0.15) is 5.53 Å². The predicted molar refractivity (Wildman–Crippen MR) is 190 cm³/mol. The molecule has 1 saturated heterocycles. The van der Waals surface area contributed by atoms with E-state index in [1.807, 2.05) is 0 Å². The third-order valence-electron chi connectivity index (χ3n) is 9.92. The molecule has 0 aromatic carbocycles. The molecule has 278 valence electrons. The lowest BCUT2D eigenvalue weighted by atomic mass is 9.72. The summed E-state index contributed by atoms with van der Waals surface area (Å²) in [7, 11) is 0. The Balaban J connectivity index is 1.46. The van der Waals surface area contributed by atoms with Crippen LogP contribution in [0.2, 0.25) is 0 Å². The standard InChI is InChI=1S/C37H74N4O6/c1-7-36(5,6)17-13-18-37(33-14-11-9-8-10-12-15-33)32-41(40-39-37)21-25-46-29-31-47-30-28-45-24-20-38-34(42)16-22-43-26-27-44-23-19-35(2,3)4/h33,39-40H,7-32H2,1-6H3,(H,38,42). The highest BCUT2D eigenvalue weighted by Crippen LogP contribution is 2.38. The third-order valence-corrected chi connectivity index (χ3v) is 9.92. The van der Waals surface area contributed by atoms with Crippen LogP contribution < -0.4 is 16.3 Å². The highest BCUT2D eigenvalue weighted by Gasteiger charge is 2.43. The fourth-order valence-corrected chi connectivity index (χ4v) is 6.32. The molecule has 2 aliphatic rings. The van der Waals surface area contributed by atoms with Crippen molar-refractivity contribution in [2.75, 3.05) is 85.7 Å². The van der Waals surface area contributed by atoms with Crippen LogP contribution in [-0.2, 0) is 28.5 Å². The number of ether oxygens (including phenoxy) is 5. The van der Waals surface area contributed by atoms with Gasteiger partial charge in [0.25, 0.3) is 0 Å². The second-order valence-electron chi connectivity index (χ2n) is 15.7. The van der Waals surface area contributed by atoms with Gasteiger partial charge in [0.1, 0.15) is 0 Å². The summed E-state index contributed by atoms with van der Waals surface area (Å²) in [6.45, 7) is 21.6. The first-order chi connectivity index (χ1) is 22.6. The zero-order valence-electron chi connectivity index (χ0n) is 31.4. The van der Waals surface area contributed by atoms with Crippen molar-refractivity contribution in [3.8, 4) is 0 Å². The molecule has 1 aliphatic heterocycles. The van der Waals surface area contributed by atoms with Crippen molar-refractivity contribution in [2.24, 2.45) is 16.7 Å². The Labute approximate surface area is 288 Å². The third kappa shape index (κ3) is 20.4. The molecule has 1 amide bonds. The molecule has 10 nitrogen and oxygen atoms in total. The molecule has 1 saturated carbocycles. The average Bonchev–Trinajstić information content (AvgIpc) is 3.41. The van der Waals surface area contributed by atoms with Crippen LogP contribution in [0.25, 0.3) is 0 Å². The number of rotatable bonds is 26. The van der Waals surface area contributed by atoms with Gasteiger partial charge < -0.3 is 29.0 Å². The van der Waals surface area contributed by atoms with Gasteiger partial charge in [-0.1, -0.05) is 86.5 Å². The summed E-state index contributed by atoms with van der Waals surface area (Å²) < 4.78 is 28.2. The van der Waals surface area contributed by atoms with Crippen LogP contribution in [0.4, 0.5) is 0 Å². The molecular weight excluding hydrogens is 596 g/mol. The van der Waals surface area contributed by atoms with Crippen molar-refractivity contribution in [1.29, 1.82) is 0 Å². The van der Waals surface area contributed by atoms with Crippen LogP contribution in [0.15, 0.2) is 0 Å². The summed E-state index contributed by atoms with van der Waals surface area (Å²) in [6, 6.07) is 0. The van der Waals surface area contributed by atoms with Gasteiger partial charge in [-0.3, -0.25) is 4.79 Å². The molecule has 2 rings (SSSR count). The van der Waals surface area contributed by atoms with Gasteiger partial charge in [-0.15, -0.1) is 0 Å². The van der Waals surface area contributed by atoms with Gasteiger partial charge in [0.05, 0.1) is 65.0 Å². The van der Waals surface area contributed by atoms with Crippen LogP contribution in [-0.4, -0.2) is 102 Å². The number of nitrogens with one attached hydrogen (secondary N) is 3. The first-order valence-electron chi connectivity index (χ1n) is 19.0. The van der Waals surface area contributed by atoms with E-state index in [1.165, 1.54) is 70.6 Å². The lowest BCUT2D eigenvalue weighted by molar-refractivity contribution is -0.122. The second-order valence-corrected chi connectivity index (χ2v) is 15.7. The van der Waals surface area contributed by atoms with E-state index in [0.29, 0.717) is 77.8 Å². The molecule has 1 aliphatic carbocycles. The monoisotopic (exact) mass is 671 g/mol. The van der Waals surface area contributed by atoms with E-state index < -0.39 is 0 Å². The maximum Gasteiger partial charge on any atom is 0.222 e. The maximum absolute atomic E-state index is 11.9. The summed E-state index contributed by atoms with van der Waals surface area (Å²) in [4.78, 5) is 11.9. The number of carbonyl (C=O) groups excluding carboxylic acids is 1. The van der Waals surface area contributed by atoms with E-state index in [9.17, 15) is 4.79 Å². The van der Waals surface area contributed by atoms with E-state index in [0.717, 1.165) is 32.0 Å². The molecular formula is C37H74N4O6. The Morgan fingerprint density at radius 1 is 0.766 bits per heavy atom. The fraction of sp³-hybridized carbons (Fsp3) is 0.973. The predicted octanol–water partition coefficient (Wildman–Crippen LogP) is 6.04. The zero-order valence-corrected chi connectivity index (χ0v) is 31.4. The van der Waals surface area contributed by atoms with Crippen molar-refractivity contribution in [1.82, 2.24) is 21.3 Å². The summed E-state index contributed by atoms with van der Waals surface area (Å²) in [5, 5.41) is 5.18. The van der Waals surface area contributed by atoms with E-state index >= 15 is 0 Å². The van der Waals surface area contributed by atoms with E-state index in [2.05, 4.69) is 62.8 Å². The Morgan fingerprint density at radius 2 is 1.34 bits per heavy atom. The Morgan fingerprint density at radius 3 is 1.98 bits per heavy atom. The second kappa shape index (κ2) is 24.3. The van der Waals surface area contributed by atoms with Crippen LogP contribution in [0.1, 0.15) is 125 Å². The molecule has 1 atom stereocenters. The number of carbonyl (C=O) groups is 1. The number of amides is 1. The largest absolute Gasteiger partial charge is 0.379 e. The van der Waals surface area contributed by atoms with Gasteiger partial charge in [0.15, 0.2) is 0 Å². The molecule has 2 fully saturated rings. The molecule has 10 heteroatoms. The fourth-order valence-electron chi connectivity index (χ4n) is 6.32. The van der Waals surface area contributed by atoms with Gasteiger partial charge in [0, 0.05) is 32.7 Å². The molecule has 1 unspecified atom stereocenters. The van der Waals surface area contributed by atoms with Gasteiger partial charge in [-0.25, -0.2) is 10.4 Å². The summed E-state index contributed by atoms with van der Waals surface area (Å²) >= 11 is 0. The molecule has 0 aromatic heterocycles. The lowest BCUT2D eigenvalue weighted by Crippen LogP contribution is -2.51. The lowest BCUT2D eigenvalue weighted by Gasteiger charge is -2.39. The van der Waals surface area contributed by atoms with Crippen LogP contribution in [0.3, 0.4) is 0 Å².